The summed E-state index contributed by atoms with van der Waals surface area (Å²) in [7, 11) is 0. The second-order valence-corrected chi connectivity index (χ2v) is 5.70. The molecule has 0 aromatic heterocycles. The van der Waals surface area contributed by atoms with Crippen molar-refractivity contribution in [2.75, 3.05) is 0 Å². The van der Waals surface area contributed by atoms with E-state index in [0.29, 0.717) is 6.61 Å². The lowest BCUT2D eigenvalue weighted by atomic mass is 9.92. The Bertz CT molecular complexity index is 474. The maximum Gasteiger partial charge on any atom is 0.410 e. The first kappa shape index (κ1) is 13.2. The van der Waals surface area contributed by atoms with E-state index < -0.39 is 0 Å². The highest BCUT2D eigenvalue weighted by molar-refractivity contribution is 5.69. The fourth-order valence-electron chi connectivity index (χ4n) is 3.42. The zero-order valence-electron chi connectivity index (χ0n) is 11.4. The summed E-state index contributed by atoms with van der Waals surface area (Å²) in [6.07, 6.45) is 4.38. The lowest BCUT2D eigenvalue weighted by molar-refractivity contribution is -0.113. The molecular formula is C16H19NO3. The molecule has 3 rings (SSSR count). The largest absolute Gasteiger partial charge is 0.445 e. The van der Waals surface area contributed by atoms with E-state index in [1.807, 2.05) is 35.2 Å². The van der Waals surface area contributed by atoms with Gasteiger partial charge in [-0.25, -0.2) is 4.79 Å². The van der Waals surface area contributed by atoms with Crippen LogP contribution in [0.4, 0.5) is 4.79 Å². The van der Waals surface area contributed by atoms with Gasteiger partial charge >= 0.3 is 6.09 Å². The Balaban J connectivity index is 1.59. The van der Waals surface area contributed by atoms with Gasteiger partial charge < -0.3 is 14.4 Å². The number of aldehydes is 1. The Morgan fingerprint density at radius 3 is 2.45 bits per heavy atom. The molecule has 2 heterocycles. The highest BCUT2D eigenvalue weighted by atomic mass is 16.6. The van der Waals surface area contributed by atoms with E-state index in [-0.39, 0.29) is 24.1 Å². The van der Waals surface area contributed by atoms with Crippen LogP contribution >= 0.6 is 0 Å². The number of amides is 1. The van der Waals surface area contributed by atoms with Crippen LogP contribution in [0.5, 0.6) is 0 Å². The van der Waals surface area contributed by atoms with Crippen molar-refractivity contribution in [2.24, 2.45) is 5.92 Å². The zero-order valence-corrected chi connectivity index (χ0v) is 11.4. The van der Waals surface area contributed by atoms with Crippen LogP contribution in [-0.2, 0) is 16.1 Å². The van der Waals surface area contributed by atoms with Crippen LogP contribution in [-0.4, -0.2) is 29.4 Å². The van der Waals surface area contributed by atoms with Crippen molar-refractivity contribution in [3.63, 3.8) is 0 Å². The summed E-state index contributed by atoms with van der Waals surface area (Å²) in [5.41, 5.74) is 0.996. The van der Waals surface area contributed by atoms with Gasteiger partial charge in [0.15, 0.2) is 0 Å². The van der Waals surface area contributed by atoms with Crippen molar-refractivity contribution < 1.29 is 14.3 Å². The molecular weight excluding hydrogens is 254 g/mol. The van der Waals surface area contributed by atoms with Crippen LogP contribution in [0.25, 0.3) is 0 Å². The molecule has 0 radical (unpaired) electrons. The molecule has 2 fully saturated rings. The Morgan fingerprint density at radius 2 is 1.85 bits per heavy atom. The lowest BCUT2D eigenvalue weighted by Crippen LogP contribution is -2.47. The molecule has 0 N–H and O–H groups in total. The van der Waals surface area contributed by atoms with Crippen LogP contribution < -0.4 is 0 Å². The van der Waals surface area contributed by atoms with E-state index in [0.717, 1.165) is 37.5 Å². The molecule has 2 aliphatic rings. The fraction of sp³-hybridized carbons (Fsp3) is 0.500. The normalized spacial score (nSPS) is 28.2. The number of hydrogen-bond acceptors (Lipinski definition) is 3. The van der Waals surface area contributed by atoms with Crippen molar-refractivity contribution in [3.8, 4) is 0 Å². The number of carbonyl (C=O) groups excluding carboxylic acids is 2. The third-order valence-corrected chi connectivity index (χ3v) is 4.38. The summed E-state index contributed by atoms with van der Waals surface area (Å²) >= 11 is 0. The maximum atomic E-state index is 12.2. The van der Waals surface area contributed by atoms with E-state index in [2.05, 4.69) is 0 Å². The maximum absolute atomic E-state index is 12.2. The summed E-state index contributed by atoms with van der Waals surface area (Å²) in [4.78, 5) is 25.0. The lowest BCUT2D eigenvalue weighted by Gasteiger charge is -2.36. The summed E-state index contributed by atoms with van der Waals surface area (Å²) in [6, 6.07) is 10.1. The number of ether oxygens (including phenoxy) is 1. The number of rotatable bonds is 3. The molecule has 106 valence electrons. The Kier molecular flexibility index (Phi) is 3.72. The number of fused-ring (bicyclic) bond motifs is 2. The molecule has 4 nitrogen and oxygen atoms in total. The number of nitrogens with zero attached hydrogens (tertiary/aromatic N) is 1. The van der Waals surface area contributed by atoms with E-state index in [1.165, 1.54) is 0 Å². The molecule has 1 aromatic rings. The van der Waals surface area contributed by atoms with Crippen LogP contribution in [0.2, 0.25) is 0 Å². The fourth-order valence-corrected chi connectivity index (χ4v) is 3.42. The second-order valence-electron chi connectivity index (χ2n) is 5.70. The number of piperidine rings is 1. The van der Waals surface area contributed by atoms with Gasteiger partial charge in [-0.3, -0.25) is 0 Å². The van der Waals surface area contributed by atoms with Gasteiger partial charge in [0.25, 0.3) is 0 Å². The number of benzene rings is 1. The summed E-state index contributed by atoms with van der Waals surface area (Å²) in [5.74, 6) is 0.116. The van der Waals surface area contributed by atoms with Gasteiger partial charge in [-0.15, -0.1) is 0 Å². The molecule has 2 atom stereocenters. The third-order valence-electron chi connectivity index (χ3n) is 4.38. The molecule has 0 aliphatic carbocycles. The van der Waals surface area contributed by atoms with Crippen LogP contribution in [0.3, 0.4) is 0 Å². The number of carbonyl (C=O) groups is 2. The van der Waals surface area contributed by atoms with Crippen molar-refractivity contribution in [1.29, 1.82) is 0 Å². The monoisotopic (exact) mass is 273 g/mol. The molecule has 0 saturated carbocycles. The minimum atomic E-state index is -0.231. The molecule has 2 saturated heterocycles. The van der Waals surface area contributed by atoms with Crippen LogP contribution in [0, 0.1) is 5.92 Å². The van der Waals surface area contributed by atoms with E-state index in [1.54, 1.807) is 0 Å². The van der Waals surface area contributed by atoms with Gasteiger partial charge in [-0.05, 0) is 31.2 Å². The van der Waals surface area contributed by atoms with Crippen LogP contribution in [0.15, 0.2) is 30.3 Å². The van der Waals surface area contributed by atoms with E-state index >= 15 is 0 Å². The highest BCUT2D eigenvalue weighted by Crippen LogP contribution is 2.38. The van der Waals surface area contributed by atoms with Crippen molar-refractivity contribution in [2.45, 2.75) is 44.4 Å². The Morgan fingerprint density at radius 1 is 1.20 bits per heavy atom. The quantitative estimate of drug-likeness (QED) is 0.796. The Hall–Kier alpha value is -1.84. The van der Waals surface area contributed by atoms with Gasteiger partial charge in [0.05, 0.1) is 0 Å². The predicted molar refractivity (Wildman–Crippen MR) is 74.1 cm³/mol. The van der Waals surface area contributed by atoms with Crippen molar-refractivity contribution >= 4 is 12.4 Å². The van der Waals surface area contributed by atoms with Gasteiger partial charge in [-0.2, -0.15) is 0 Å². The molecule has 4 heteroatoms. The average molecular weight is 273 g/mol. The average Bonchev–Trinajstić information content (AvgIpc) is 2.76. The second kappa shape index (κ2) is 5.65. The molecule has 2 unspecified atom stereocenters. The summed E-state index contributed by atoms with van der Waals surface area (Å²) < 4.78 is 5.42. The van der Waals surface area contributed by atoms with E-state index in [4.69, 9.17) is 4.74 Å². The first-order valence-electron chi connectivity index (χ1n) is 7.22. The molecule has 1 aromatic carbocycles. The topological polar surface area (TPSA) is 46.6 Å². The molecule has 0 spiro atoms. The minimum absolute atomic E-state index is 0.116. The van der Waals surface area contributed by atoms with Gasteiger partial charge in [0.1, 0.15) is 12.9 Å². The summed E-state index contributed by atoms with van der Waals surface area (Å²) in [5, 5.41) is 0. The van der Waals surface area contributed by atoms with Crippen molar-refractivity contribution in [3.05, 3.63) is 35.9 Å². The standard InChI is InChI=1S/C16H19NO3/c18-10-13-8-14-6-7-15(9-13)17(14)16(19)20-11-12-4-2-1-3-5-12/h1-5,10,13-15H,6-9,11H2. The number of hydrogen-bond donors (Lipinski definition) is 0. The SMILES string of the molecule is O=CC1CC2CCC(C1)N2C(=O)OCc1ccccc1. The predicted octanol–water partition coefficient (Wildman–Crippen LogP) is 2.77. The molecule has 2 aliphatic heterocycles. The Labute approximate surface area is 118 Å². The highest BCUT2D eigenvalue weighted by Gasteiger charge is 2.43. The first-order chi connectivity index (χ1) is 9.78. The van der Waals surface area contributed by atoms with Gasteiger partial charge in [-0.1, -0.05) is 30.3 Å². The summed E-state index contributed by atoms with van der Waals surface area (Å²) in [6.45, 7) is 0.312. The molecule has 2 bridgehead atoms. The molecule has 20 heavy (non-hydrogen) atoms. The van der Waals surface area contributed by atoms with Gasteiger partial charge in [0, 0.05) is 18.0 Å². The minimum Gasteiger partial charge on any atom is -0.445 e. The molecule has 1 amide bonds. The van der Waals surface area contributed by atoms with Gasteiger partial charge in [0.2, 0.25) is 0 Å². The smallest absolute Gasteiger partial charge is 0.410 e. The zero-order chi connectivity index (χ0) is 13.9. The van der Waals surface area contributed by atoms with Crippen molar-refractivity contribution in [1.82, 2.24) is 4.90 Å². The third kappa shape index (κ3) is 2.55. The van der Waals surface area contributed by atoms with E-state index in [9.17, 15) is 9.59 Å². The van der Waals surface area contributed by atoms with Crippen LogP contribution in [0.1, 0.15) is 31.2 Å². The first-order valence-corrected chi connectivity index (χ1v) is 7.22.